The van der Waals surface area contributed by atoms with Crippen molar-refractivity contribution >= 4 is 27.3 Å². The molecule has 0 aliphatic carbocycles. The summed E-state index contributed by atoms with van der Waals surface area (Å²) in [5, 5.41) is 11.5. The topological polar surface area (TPSA) is 20.2 Å². The van der Waals surface area contributed by atoms with Crippen LogP contribution in [0.5, 0.6) is 0 Å². The standard InChI is InChI=1S/C9H13BrOS/c1-9(2,11)4-3-8-5-7(10)6-12-8/h5-6,11H,3-4H2,1-2H3. The second kappa shape index (κ2) is 3.90. The molecular weight excluding hydrogens is 236 g/mol. The van der Waals surface area contributed by atoms with Crippen LogP contribution in [0.1, 0.15) is 25.1 Å². The number of thiophene rings is 1. The first-order valence-corrected chi connectivity index (χ1v) is 5.60. The molecular formula is C9H13BrOS. The highest BCUT2D eigenvalue weighted by Gasteiger charge is 2.12. The van der Waals surface area contributed by atoms with Gasteiger partial charge in [0.25, 0.3) is 0 Å². The highest BCUT2D eigenvalue weighted by molar-refractivity contribution is 9.10. The lowest BCUT2D eigenvalue weighted by atomic mass is 10.0. The molecule has 1 nitrogen and oxygen atoms in total. The molecule has 0 aromatic carbocycles. The van der Waals surface area contributed by atoms with Gasteiger partial charge in [-0.05, 0) is 48.7 Å². The molecule has 1 aromatic rings. The van der Waals surface area contributed by atoms with Crippen molar-refractivity contribution in [1.29, 1.82) is 0 Å². The van der Waals surface area contributed by atoms with E-state index in [4.69, 9.17) is 0 Å². The van der Waals surface area contributed by atoms with Gasteiger partial charge >= 0.3 is 0 Å². The van der Waals surface area contributed by atoms with E-state index in [0.29, 0.717) is 0 Å². The number of hydrogen-bond donors (Lipinski definition) is 1. The molecule has 0 radical (unpaired) electrons. The molecule has 0 unspecified atom stereocenters. The first-order chi connectivity index (χ1) is 5.47. The van der Waals surface area contributed by atoms with E-state index in [1.165, 1.54) is 4.88 Å². The van der Waals surface area contributed by atoms with Crippen molar-refractivity contribution in [3.8, 4) is 0 Å². The molecule has 3 heteroatoms. The van der Waals surface area contributed by atoms with Gasteiger partial charge in [-0.25, -0.2) is 0 Å². The number of aliphatic hydroxyl groups is 1. The van der Waals surface area contributed by atoms with Gasteiger partial charge in [-0.3, -0.25) is 0 Å². The van der Waals surface area contributed by atoms with E-state index in [9.17, 15) is 5.11 Å². The largest absolute Gasteiger partial charge is 0.390 e. The minimum atomic E-state index is -0.545. The third-order valence-corrected chi connectivity index (χ3v) is 3.36. The van der Waals surface area contributed by atoms with Crippen LogP contribution in [-0.2, 0) is 6.42 Å². The maximum Gasteiger partial charge on any atom is 0.0595 e. The van der Waals surface area contributed by atoms with Gasteiger partial charge in [0, 0.05) is 14.7 Å². The fraction of sp³-hybridized carbons (Fsp3) is 0.556. The van der Waals surface area contributed by atoms with Gasteiger partial charge in [0.1, 0.15) is 0 Å². The van der Waals surface area contributed by atoms with Gasteiger partial charge in [-0.2, -0.15) is 0 Å². The van der Waals surface area contributed by atoms with E-state index in [1.54, 1.807) is 11.3 Å². The molecule has 0 saturated heterocycles. The Morgan fingerprint density at radius 3 is 2.67 bits per heavy atom. The molecule has 1 rings (SSSR count). The van der Waals surface area contributed by atoms with Crippen molar-refractivity contribution in [1.82, 2.24) is 0 Å². The van der Waals surface area contributed by atoms with Crippen molar-refractivity contribution in [2.45, 2.75) is 32.3 Å². The summed E-state index contributed by atoms with van der Waals surface area (Å²) in [6.07, 6.45) is 1.78. The smallest absolute Gasteiger partial charge is 0.0595 e. The van der Waals surface area contributed by atoms with Crippen molar-refractivity contribution in [2.75, 3.05) is 0 Å². The van der Waals surface area contributed by atoms with E-state index in [2.05, 4.69) is 27.4 Å². The van der Waals surface area contributed by atoms with Crippen LogP contribution in [0, 0.1) is 0 Å². The Bertz CT molecular complexity index is 249. The number of hydrogen-bond acceptors (Lipinski definition) is 2. The zero-order chi connectivity index (χ0) is 9.19. The maximum absolute atomic E-state index is 9.48. The predicted molar refractivity (Wildman–Crippen MR) is 56.6 cm³/mol. The van der Waals surface area contributed by atoms with Crippen LogP contribution in [0.15, 0.2) is 15.9 Å². The van der Waals surface area contributed by atoms with E-state index < -0.39 is 5.60 Å². The quantitative estimate of drug-likeness (QED) is 0.872. The summed E-state index contributed by atoms with van der Waals surface area (Å²) < 4.78 is 1.14. The third kappa shape index (κ3) is 3.70. The highest BCUT2D eigenvalue weighted by Crippen LogP contribution is 2.22. The minimum absolute atomic E-state index is 0.545. The van der Waals surface area contributed by atoms with Crippen LogP contribution in [0.4, 0.5) is 0 Å². The first kappa shape index (κ1) is 10.2. The molecule has 0 aliphatic rings. The number of halogens is 1. The molecule has 0 aliphatic heterocycles. The van der Waals surface area contributed by atoms with Crippen LogP contribution in [-0.4, -0.2) is 10.7 Å². The SMILES string of the molecule is CC(C)(O)CCc1cc(Br)cs1. The van der Waals surface area contributed by atoms with Crippen LogP contribution < -0.4 is 0 Å². The van der Waals surface area contributed by atoms with Crippen LogP contribution >= 0.6 is 27.3 Å². The average Bonchev–Trinajstić information content (AvgIpc) is 2.30. The third-order valence-electron chi connectivity index (χ3n) is 1.60. The van der Waals surface area contributed by atoms with E-state index in [1.807, 2.05) is 13.8 Å². The van der Waals surface area contributed by atoms with Gasteiger partial charge in [-0.1, -0.05) is 0 Å². The van der Waals surface area contributed by atoms with Gasteiger partial charge in [0.2, 0.25) is 0 Å². The Balaban J connectivity index is 2.44. The Labute approximate surface area is 85.6 Å². The summed E-state index contributed by atoms with van der Waals surface area (Å²) >= 11 is 5.13. The molecule has 0 fully saturated rings. The maximum atomic E-state index is 9.48. The van der Waals surface area contributed by atoms with E-state index in [-0.39, 0.29) is 0 Å². The van der Waals surface area contributed by atoms with Crippen molar-refractivity contribution in [2.24, 2.45) is 0 Å². The monoisotopic (exact) mass is 248 g/mol. The van der Waals surface area contributed by atoms with Gasteiger partial charge in [-0.15, -0.1) is 11.3 Å². The second-order valence-electron chi connectivity index (χ2n) is 3.54. The molecule has 0 atom stereocenters. The molecule has 0 bridgehead atoms. The summed E-state index contributed by atoms with van der Waals surface area (Å²) in [7, 11) is 0. The Hall–Kier alpha value is 0.140. The summed E-state index contributed by atoms with van der Waals surface area (Å²) in [6.45, 7) is 3.69. The summed E-state index contributed by atoms with van der Waals surface area (Å²) in [5.41, 5.74) is -0.545. The zero-order valence-corrected chi connectivity index (χ0v) is 9.70. The zero-order valence-electron chi connectivity index (χ0n) is 7.30. The molecule has 1 heterocycles. The average molecular weight is 249 g/mol. The highest BCUT2D eigenvalue weighted by atomic mass is 79.9. The first-order valence-electron chi connectivity index (χ1n) is 3.93. The van der Waals surface area contributed by atoms with Crippen LogP contribution in [0.2, 0.25) is 0 Å². The normalized spacial score (nSPS) is 12.0. The van der Waals surface area contributed by atoms with E-state index in [0.717, 1.165) is 17.3 Å². The molecule has 68 valence electrons. The lowest BCUT2D eigenvalue weighted by Crippen LogP contribution is -2.18. The summed E-state index contributed by atoms with van der Waals surface area (Å²) in [6, 6.07) is 2.11. The molecule has 1 N–H and O–H groups in total. The summed E-state index contributed by atoms with van der Waals surface area (Å²) in [5.74, 6) is 0. The Kier molecular flexibility index (Phi) is 3.32. The minimum Gasteiger partial charge on any atom is -0.390 e. The lowest BCUT2D eigenvalue weighted by molar-refractivity contribution is 0.0716. The fourth-order valence-electron chi connectivity index (χ4n) is 0.914. The fourth-order valence-corrected chi connectivity index (χ4v) is 2.37. The second-order valence-corrected chi connectivity index (χ2v) is 5.46. The molecule has 0 spiro atoms. The van der Waals surface area contributed by atoms with Crippen LogP contribution in [0.3, 0.4) is 0 Å². The van der Waals surface area contributed by atoms with Crippen molar-refractivity contribution < 1.29 is 5.11 Å². The number of rotatable bonds is 3. The summed E-state index contributed by atoms with van der Waals surface area (Å²) in [4.78, 5) is 1.32. The Morgan fingerprint density at radius 1 is 1.58 bits per heavy atom. The molecule has 1 aromatic heterocycles. The van der Waals surface area contributed by atoms with Gasteiger partial charge < -0.3 is 5.11 Å². The number of aryl methyl sites for hydroxylation is 1. The van der Waals surface area contributed by atoms with E-state index >= 15 is 0 Å². The Morgan fingerprint density at radius 2 is 2.25 bits per heavy atom. The molecule has 12 heavy (non-hydrogen) atoms. The van der Waals surface area contributed by atoms with Crippen molar-refractivity contribution in [3.63, 3.8) is 0 Å². The predicted octanol–water partition coefficient (Wildman–Crippen LogP) is 3.21. The lowest BCUT2D eigenvalue weighted by Gasteiger charge is -2.15. The van der Waals surface area contributed by atoms with Gasteiger partial charge in [0.05, 0.1) is 5.60 Å². The molecule has 0 saturated carbocycles. The van der Waals surface area contributed by atoms with Crippen LogP contribution in [0.25, 0.3) is 0 Å². The van der Waals surface area contributed by atoms with Crippen molar-refractivity contribution in [3.05, 3.63) is 20.8 Å². The molecule has 0 amide bonds. The van der Waals surface area contributed by atoms with Gasteiger partial charge in [0.15, 0.2) is 0 Å².